The van der Waals surface area contributed by atoms with Crippen molar-refractivity contribution in [3.05, 3.63) is 35.9 Å². The van der Waals surface area contributed by atoms with E-state index in [1.54, 1.807) is 0 Å². The predicted molar refractivity (Wildman–Crippen MR) is 73.6 cm³/mol. The fraction of sp³-hybridized carbons (Fsp3) is 0.600. The van der Waals surface area contributed by atoms with E-state index >= 15 is 0 Å². The minimum atomic E-state index is 0.819. The molecule has 1 heteroatoms. The number of rotatable bonds is 6. The van der Waals surface area contributed by atoms with Crippen molar-refractivity contribution in [2.24, 2.45) is 5.73 Å². The van der Waals surface area contributed by atoms with Crippen molar-refractivity contribution < 1.29 is 0 Å². The van der Waals surface area contributed by atoms with Crippen molar-refractivity contribution >= 4 is 0 Å². The Morgan fingerprint density at radius 3 is 2.00 bits per heavy atom. The molecule has 0 atom stereocenters. The van der Waals surface area contributed by atoms with Crippen LogP contribution in [0.25, 0.3) is 0 Å². The average molecular weight is 221 g/mol. The third-order valence-corrected chi connectivity index (χ3v) is 2.45. The SMILES string of the molecule is CCCCCCc1ccccc1.CCCN. The zero-order chi connectivity index (χ0) is 12.1. The Morgan fingerprint density at radius 2 is 1.50 bits per heavy atom. The van der Waals surface area contributed by atoms with Gasteiger partial charge in [0, 0.05) is 0 Å². The minimum Gasteiger partial charge on any atom is -0.330 e. The molecule has 0 aliphatic rings. The van der Waals surface area contributed by atoms with Crippen LogP contribution in [0.4, 0.5) is 0 Å². The van der Waals surface area contributed by atoms with Crippen molar-refractivity contribution in [2.45, 2.75) is 52.4 Å². The second-order valence-corrected chi connectivity index (χ2v) is 4.08. The lowest BCUT2D eigenvalue weighted by atomic mass is 10.1. The van der Waals surface area contributed by atoms with Crippen LogP contribution in [0, 0.1) is 0 Å². The van der Waals surface area contributed by atoms with Gasteiger partial charge >= 0.3 is 0 Å². The molecule has 1 aromatic carbocycles. The first-order chi connectivity index (χ1) is 7.85. The van der Waals surface area contributed by atoms with Gasteiger partial charge in [-0.05, 0) is 31.4 Å². The Labute approximate surface area is 101 Å². The predicted octanol–water partition coefficient (Wildman–Crippen LogP) is 4.16. The number of aryl methyl sites for hydroxylation is 1. The van der Waals surface area contributed by atoms with E-state index in [1.165, 1.54) is 37.7 Å². The highest BCUT2D eigenvalue weighted by atomic mass is 14.5. The molecule has 0 aliphatic carbocycles. The Balaban J connectivity index is 0.000000487. The molecular formula is C15H27N. The molecule has 0 saturated carbocycles. The highest BCUT2D eigenvalue weighted by Crippen LogP contribution is 2.06. The van der Waals surface area contributed by atoms with Gasteiger partial charge in [-0.3, -0.25) is 0 Å². The summed E-state index contributed by atoms with van der Waals surface area (Å²) in [6, 6.07) is 10.7. The summed E-state index contributed by atoms with van der Waals surface area (Å²) < 4.78 is 0. The molecule has 92 valence electrons. The van der Waals surface area contributed by atoms with Gasteiger partial charge in [0.05, 0.1) is 0 Å². The molecule has 16 heavy (non-hydrogen) atoms. The molecule has 0 unspecified atom stereocenters. The number of unbranched alkanes of at least 4 members (excludes halogenated alkanes) is 3. The van der Waals surface area contributed by atoms with Gasteiger partial charge in [-0.2, -0.15) is 0 Å². The van der Waals surface area contributed by atoms with Crippen molar-refractivity contribution in [1.29, 1.82) is 0 Å². The van der Waals surface area contributed by atoms with E-state index in [4.69, 9.17) is 5.73 Å². The molecule has 0 spiro atoms. The van der Waals surface area contributed by atoms with Crippen LogP contribution in [0.1, 0.15) is 51.5 Å². The lowest BCUT2D eigenvalue weighted by molar-refractivity contribution is 0.667. The standard InChI is InChI=1S/C12H18.C3H9N/c1-2-3-4-6-9-12-10-7-5-8-11-12;1-2-3-4/h5,7-8,10-11H,2-4,6,9H2,1H3;2-4H2,1H3. The zero-order valence-corrected chi connectivity index (χ0v) is 10.9. The lowest BCUT2D eigenvalue weighted by Crippen LogP contribution is -1.93. The van der Waals surface area contributed by atoms with E-state index in [1.807, 2.05) is 0 Å². The second-order valence-electron chi connectivity index (χ2n) is 4.08. The van der Waals surface area contributed by atoms with Gasteiger partial charge in [0.1, 0.15) is 0 Å². The van der Waals surface area contributed by atoms with Gasteiger partial charge in [-0.15, -0.1) is 0 Å². The van der Waals surface area contributed by atoms with Gasteiger partial charge in [-0.25, -0.2) is 0 Å². The first-order valence-corrected chi connectivity index (χ1v) is 6.59. The van der Waals surface area contributed by atoms with Crippen molar-refractivity contribution in [3.63, 3.8) is 0 Å². The molecule has 0 saturated heterocycles. The molecule has 0 aliphatic heterocycles. The molecule has 2 N–H and O–H groups in total. The number of benzene rings is 1. The number of hydrogen-bond donors (Lipinski definition) is 1. The topological polar surface area (TPSA) is 26.0 Å². The molecule has 0 heterocycles. The van der Waals surface area contributed by atoms with Gasteiger partial charge < -0.3 is 5.73 Å². The van der Waals surface area contributed by atoms with Crippen LogP contribution in [-0.4, -0.2) is 6.54 Å². The zero-order valence-electron chi connectivity index (χ0n) is 10.9. The van der Waals surface area contributed by atoms with E-state index in [0.717, 1.165) is 13.0 Å². The summed E-state index contributed by atoms with van der Waals surface area (Å²) in [5, 5.41) is 0. The van der Waals surface area contributed by atoms with Gasteiger partial charge in [0.2, 0.25) is 0 Å². The summed E-state index contributed by atoms with van der Waals surface area (Å²) in [5.74, 6) is 0. The smallest absolute Gasteiger partial charge is 0.00799 e. The van der Waals surface area contributed by atoms with E-state index in [-0.39, 0.29) is 0 Å². The monoisotopic (exact) mass is 221 g/mol. The third kappa shape index (κ3) is 9.72. The largest absolute Gasteiger partial charge is 0.330 e. The fourth-order valence-electron chi connectivity index (χ4n) is 1.40. The van der Waals surface area contributed by atoms with Crippen LogP contribution < -0.4 is 5.73 Å². The first-order valence-electron chi connectivity index (χ1n) is 6.59. The normalized spacial score (nSPS) is 9.44. The Kier molecular flexibility index (Phi) is 11.6. The lowest BCUT2D eigenvalue weighted by Gasteiger charge is -1.99. The Bertz CT molecular complexity index is 216. The maximum absolute atomic E-state index is 5.03. The minimum absolute atomic E-state index is 0.819. The maximum atomic E-state index is 5.03. The number of nitrogens with two attached hydrogens (primary N) is 1. The summed E-state index contributed by atoms with van der Waals surface area (Å²) >= 11 is 0. The number of hydrogen-bond acceptors (Lipinski definition) is 1. The Morgan fingerprint density at radius 1 is 0.875 bits per heavy atom. The fourth-order valence-corrected chi connectivity index (χ4v) is 1.40. The molecule has 0 radical (unpaired) electrons. The summed E-state index contributed by atoms with van der Waals surface area (Å²) in [4.78, 5) is 0. The molecule has 0 bridgehead atoms. The maximum Gasteiger partial charge on any atom is -0.00799 e. The van der Waals surface area contributed by atoms with Crippen LogP contribution in [-0.2, 0) is 6.42 Å². The van der Waals surface area contributed by atoms with Crippen molar-refractivity contribution in [2.75, 3.05) is 6.54 Å². The summed E-state index contributed by atoms with van der Waals surface area (Å²) in [5.41, 5.74) is 6.51. The van der Waals surface area contributed by atoms with E-state index in [0.29, 0.717) is 0 Å². The second kappa shape index (κ2) is 12.3. The molecule has 1 nitrogen and oxygen atoms in total. The molecule has 0 aromatic heterocycles. The van der Waals surface area contributed by atoms with Crippen LogP contribution in [0.15, 0.2) is 30.3 Å². The van der Waals surface area contributed by atoms with Crippen molar-refractivity contribution in [3.8, 4) is 0 Å². The molecule has 0 fully saturated rings. The van der Waals surface area contributed by atoms with Gasteiger partial charge in [0.25, 0.3) is 0 Å². The molecular weight excluding hydrogens is 194 g/mol. The van der Waals surface area contributed by atoms with Crippen LogP contribution in [0.5, 0.6) is 0 Å². The highest BCUT2D eigenvalue weighted by molar-refractivity contribution is 5.14. The van der Waals surface area contributed by atoms with E-state index in [9.17, 15) is 0 Å². The highest BCUT2D eigenvalue weighted by Gasteiger charge is 1.90. The summed E-state index contributed by atoms with van der Waals surface area (Å²) in [7, 11) is 0. The molecule has 1 aromatic rings. The molecule has 0 amide bonds. The van der Waals surface area contributed by atoms with Gasteiger partial charge in [-0.1, -0.05) is 63.4 Å². The summed E-state index contributed by atoms with van der Waals surface area (Å²) in [6.45, 7) is 5.13. The quantitative estimate of drug-likeness (QED) is 0.717. The first kappa shape index (κ1) is 15.2. The van der Waals surface area contributed by atoms with Crippen LogP contribution in [0.2, 0.25) is 0 Å². The molecule has 1 rings (SSSR count). The average Bonchev–Trinajstić information content (AvgIpc) is 2.36. The Hall–Kier alpha value is -0.820. The van der Waals surface area contributed by atoms with Crippen LogP contribution >= 0.6 is 0 Å². The van der Waals surface area contributed by atoms with Gasteiger partial charge in [0.15, 0.2) is 0 Å². The van der Waals surface area contributed by atoms with E-state index in [2.05, 4.69) is 44.2 Å². The third-order valence-electron chi connectivity index (χ3n) is 2.45. The van der Waals surface area contributed by atoms with Crippen LogP contribution in [0.3, 0.4) is 0 Å². The summed E-state index contributed by atoms with van der Waals surface area (Å²) in [6.07, 6.45) is 7.78. The van der Waals surface area contributed by atoms with Crippen molar-refractivity contribution in [1.82, 2.24) is 0 Å². The van der Waals surface area contributed by atoms with E-state index < -0.39 is 0 Å².